The third-order valence-corrected chi connectivity index (χ3v) is 4.41. The Labute approximate surface area is 128 Å². The van der Waals surface area contributed by atoms with E-state index in [0.717, 1.165) is 24.0 Å². The van der Waals surface area contributed by atoms with Crippen LogP contribution < -0.4 is 11.1 Å². The van der Waals surface area contributed by atoms with Crippen LogP contribution in [-0.2, 0) is 5.41 Å². The first-order valence-corrected chi connectivity index (χ1v) is 8.31. The number of aromatic nitrogens is 2. The van der Waals surface area contributed by atoms with Gasteiger partial charge in [-0.2, -0.15) is 0 Å². The second-order valence-electron chi connectivity index (χ2n) is 7.31. The van der Waals surface area contributed by atoms with Gasteiger partial charge in [0.25, 0.3) is 0 Å². The molecule has 0 radical (unpaired) electrons. The first-order valence-electron chi connectivity index (χ1n) is 8.31. The number of hydrogen-bond donors (Lipinski definition) is 2. The first-order chi connectivity index (χ1) is 9.90. The highest BCUT2D eigenvalue weighted by Crippen LogP contribution is 2.30. The molecule has 1 aliphatic carbocycles. The van der Waals surface area contributed by atoms with Crippen LogP contribution in [0.1, 0.15) is 72.0 Å². The Morgan fingerprint density at radius 3 is 2.48 bits per heavy atom. The SMILES string of the molecule is CCC(Nc1cc(N)nc(C(C)(C)C)n1)C1CCCCC1. The van der Waals surface area contributed by atoms with Gasteiger partial charge >= 0.3 is 0 Å². The normalized spacial score (nSPS) is 18.5. The standard InChI is InChI=1S/C17H30N4/c1-5-13(12-9-7-6-8-10-12)19-15-11-14(18)20-16(21-15)17(2,3)4/h11-13H,5-10H2,1-4H3,(H3,18,19,20,21). The molecule has 21 heavy (non-hydrogen) atoms. The predicted molar refractivity (Wildman–Crippen MR) is 89.4 cm³/mol. The van der Waals surface area contributed by atoms with Gasteiger partial charge in [0.2, 0.25) is 0 Å². The van der Waals surface area contributed by atoms with Gasteiger partial charge in [0.15, 0.2) is 0 Å². The zero-order valence-corrected chi connectivity index (χ0v) is 13.9. The van der Waals surface area contributed by atoms with E-state index in [0.29, 0.717) is 11.9 Å². The Balaban J connectivity index is 2.15. The summed E-state index contributed by atoms with van der Waals surface area (Å²) >= 11 is 0. The van der Waals surface area contributed by atoms with Crippen LogP contribution in [0.25, 0.3) is 0 Å². The van der Waals surface area contributed by atoms with Crippen molar-refractivity contribution in [2.24, 2.45) is 5.92 Å². The van der Waals surface area contributed by atoms with Gasteiger partial charge in [-0.05, 0) is 25.2 Å². The molecule has 2 rings (SSSR count). The van der Waals surface area contributed by atoms with Gasteiger partial charge in [0.1, 0.15) is 17.5 Å². The molecule has 1 unspecified atom stereocenters. The van der Waals surface area contributed by atoms with Crippen molar-refractivity contribution < 1.29 is 0 Å². The lowest BCUT2D eigenvalue weighted by Crippen LogP contribution is -2.31. The molecule has 0 bridgehead atoms. The van der Waals surface area contributed by atoms with Crippen LogP contribution in [0.3, 0.4) is 0 Å². The highest BCUT2D eigenvalue weighted by atomic mass is 15.1. The van der Waals surface area contributed by atoms with Crippen molar-refractivity contribution in [1.82, 2.24) is 9.97 Å². The van der Waals surface area contributed by atoms with Crippen LogP contribution in [0.2, 0.25) is 0 Å². The van der Waals surface area contributed by atoms with Crippen LogP contribution >= 0.6 is 0 Å². The molecule has 1 aromatic heterocycles. The number of nitrogens with zero attached hydrogens (tertiary/aromatic N) is 2. The number of nitrogen functional groups attached to an aromatic ring is 1. The Kier molecular flexibility index (Phi) is 5.07. The molecule has 1 fully saturated rings. The summed E-state index contributed by atoms with van der Waals surface area (Å²) in [5.74, 6) is 3.00. The van der Waals surface area contributed by atoms with E-state index in [2.05, 4.69) is 43.0 Å². The molecule has 3 N–H and O–H groups in total. The van der Waals surface area contributed by atoms with E-state index in [1.54, 1.807) is 0 Å². The van der Waals surface area contributed by atoms with E-state index in [9.17, 15) is 0 Å². The van der Waals surface area contributed by atoms with Crippen LogP contribution in [0, 0.1) is 5.92 Å². The molecule has 4 nitrogen and oxygen atoms in total. The maximum Gasteiger partial charge on any atom is 0.138 e. The lowest BCUT2D eigenvalue weighted by Gasteiger charge is -2.31. The van der Waals surface area contributed by atoms with Crippen molar-refractivity contribution in [2.75, 3.05) is 11.1 Å². The molecule has 1 aliphatic rings. The van der Waals surface area contributed by atoms with Crippen LogP contribution in [0.4, 0.5) is 11.6 Å². The molecule has 118 valence electrons. The van der Waals surface area contributed by atoms with E-state index in [1.807, 2.05) is 6.07 Å². The van der Waals surface area contributed by atoms with Gasteiger partial charge < -0.3 is 11.1 Å². The minimum Gasteiger partial charge on any atom is -0.384 e. The van der Waals surface area contributed by atoms with Gasteiger partial charge in [-0.15, -0.1) is 0 Å². The molecular formula is C17H30N4. The molecule has 1 heterocycles. The van der Waals surface area contributed by atoms with E-state index in [4.69, 9.17) is 5.73 Å². The molecule has 4 heteroatoms. The molecule has 0 amide bonds. The van der Waals surface area contributed by atoms with E-state index in [-0.39, 0.29) is 5.41 Å². The lowest BCUT2D eigenvalue weighted by atomic mass is 9.83. The number of hydrogen-bond acceptors (Lipinski definition) is 4. The zero-order valence-electron chi connectivity index (χ0n) is 13.9. The first kappa shape index (κ1) is 16.1. The fraction of sp³-hybridized carbons (Fsp3) is 0.765. The van der Waals surface area contributed by atoms with Gasteiger partial charge in [-0.3, -0.25) is 0 Å². The van der Waals surface area contributed by atoms with Crippen molar-refractivity contribution >= 4 is 11.6 Å². The molecule has 0 aliphatic heterocycles. The predicted octanol–water partition coefficient (Wildman–Crippen LogP) is 4.13. The largest absolute Gasteiger partial charge is 0.384 e. The van der Waals surface area contributed by atoms with Crippen LogP contribution in [0.15, 0.2) is 6.07 Å². The van der Waals surface area contributed by atoms with Gasteiger partial charge in [-0.1, -0.05) is 47.0 Å². The number of anilines is 2. The summed E-state index contributed by atoms with van der Waals surface area (Å²) in [6, 6.07) is 2.35. The third-order valence-electron chi connectivity index (χ3n) is 4.41. The smallest absolute Gasteiger partial charge is 0.138 e. The summed E-state index contributed by atoms with van der Waals surface area (Å²) in [7, 11) is 0. The molecule has 1 atom stereocenters. The van der Waals surface area contributed by atoms with Crippen molar-refractivity contribution in [3.05, 3.63) is 11.9 Å². The Bertz CT molecular complexity index is 458. The van der Waals surface area contributed by atoms with Crippen molar-refractivity contribution in [2.45, 2.75) is 77.7 Å². The van der Waals surface area contributed by atoms with E-state index >= 15 is 0 Å². The fourth-order valence-corrected chi connectivity index (χ4v) is 3.16. The fourth-order valence-electron chi connectivity index (χ4n) is 3.16. The maximum absolute atomic E-state index is 5.96. The summed E-state index contributed by atoms with van der Waals surface area (Å²) in [6.07, 6.45) is 7.90. The van der Waals surface area contributed by atoms with Gasteiger partial charge in [0, 0.05) is 17.5 Å². The van der Waals surface area contributed by atoms with Crippen LogP contribution in [0.5, 0.6) is 0 Å². The van der Waals surface area contributed by atoms with Crippen LogP contribution in [-0.4, -0.2) is 16.0 Å². The lowest BCUT2D eigenvalue weighted by molar-refractivity contribution is 0.312. The van der Waals surface area contributed by atoms with E-state index in [1.165, 1.54) is 32.1 Å². The summed E-state index contributed by atoms with van der Waals surface area (Å²) < 4.78 is 0. The summed E-state index contributed by atoms with van der Waals surface area (Å²) in [6.45, 7) is 8.60. The highest BCUT2D eigenvalue weighted by molar-refractivity contribution is 5.46. The molecule has 0 spiro atoms. The Morgan fingerprint density at radius 2 is 1.90 bits per heavy atom. The monoisotopic (exact) mass is 290 g/mol. The second-order valence-corrected chi connectivity index (χ2v) is 7.31. The number of nitrogens with two attached hydrogens (primary N) is 1. The summed E-state index contributed by atoms with van der Waals surface area (Å²) in [5, 5.41) is 3.62. The maximum atomic E-state index is 5.96. The third kappa shape index (κ3) is 4.32. The topological polar surface area (TPSA) is 63.8 Å². The zero-order chi connectivity index (χ0) is 15.5. The van der Waals surface area contributed by atoms with E-state index < -0.39 is 0 Å². The van der Waals surface area contributed by atoms with Gasteiger partial charge in [0.05, 0.1) is 0 Å². The molecule has 1 aromatic rings. The second kappa shape index (κ2) is 6.63. The Morgan fingerprint density at radius 1 is 1.24 bits per heavy atom. The summed E-state index contributed by atoms with van der Waals surface area (Å²) in [4.78, 5) is 9.06. The number of rotatable bonds is 4. The highest BCUT2D eigenvalue weighted by Gasteiger charge is 2.24. The van der Waals surface area contributed by atoms with Crippen molar-refractivity contribution in [3.63, 3.8) is 0 Å². The molecule has 0 saturated heterocycles. The quantitative estimate of drug-likeness (QED) is 0.875. The van der Waals surface area contributed by atoms with Crippen molar-refractivity contribution in [1.29, 1.82) is 0 Å². The summed E-state index contributed by atoms with van der Waals surface area (Å²) in [5.41, 5.74) is 5.88. The Hall–Kier alpha value is -1.32. The minimum atomic E-state index is -0.0850. The van der Waals surface area contributed by atoms with Gasteiger partial charge in [-0.25, -0.2) is 9.97 Å². The number of nitrogens with one attached hydrogen (secondary N) is 1. The molecule has 0 aromatic carbocycles. The van der Waals surface area contributed by atoms with Crippen molar-refractivity contribution in [3.8, 4) is 0 Å². The minimum absolute atomic E-state index is 0.0850. The molecular weight excluding hydrogens is 260 g/mol. The molecule has 1 saturated carbocycles. The average Bonchev–Trinajstić information content (AvgIpc) is 2.44. The average molecular weight is 290 g/mol.